The number of aromatic nitrogens is 3. The third-order valence-electron chi connectivity index (χ3n) is 9.73. The lowest BCUT2D eigenvalue weighted by molar-refractivity contribution is 0.660. The van der Waals surface area contributed by atoms with Crippen molar-refractivity contribution in [1.29, 1.82) is 0 Å². The lowest BCUT2D eigenvalue weighted by atomic mass is 9.81. The number of hydrogen-bond acceptors (Lipinski definition) is 3. The largest absolute Gasteiger partial charge is 0.208 e. The second-order valence-electron chi connectivity index (χ2n) is 12.9. The van der Waals surface area contributed by atoms with Crippen molar-refractivity contribution >= 4 is 21.5 Å². The van der Waals surface area contributed by atoms with E-state index in [2.05, 4.69) is 166 Å². The van der Waals surface area contributed by atoms with E-state index in [0.29, 0.717) is 17.5 Å². The highest BCUT2D eigenvalue weighted by Gasteiger charge is 2.35. The van der Waals surface area contributed by atoms with Crippen molar-refractivity contribution in [2.75, 3.05) is 0 Å². The Morgan fingerprint density at radius 3 is 1.55 bits per heavy atom. The standard InChI is InChI=1S/C44H31N3/c1-44(2)39-23-8-7-20-35(39)36-25-24-31(27-40(36)44)30-16-9-17-32(26-30)41-45-42(37-21-10-14-28-12-3-5-18-33(28)37)47-43(46-41)38-22-11-15-29-13-4-6-19-34(29)38/h3-27H,1-2H3. The second kappa shape index (κ2) is 10.6. The molecule has 1 aliphatic carbocycles. The van der Waals surface area contributed by atoms with Gasteiger partial charge in [-0.2, -0.15) is 0 Å². The van der Waals surface area contributed by atoms with Gasteiger partial charge >= 0.3 is 0 Å². The van der Waals surface area contributed by atoms with Crippen LogP contribution in [-0.4, -0.2) is 15.0 Å². The number of benzene rings is 7. The van der Waals surface area contributed by atoms with E-state index in [9.17, 15) is 0 Å². The summed E-state index contributed by atoms with van der Waals surface area (Å²) in [6.45, 7) is 4.65. The number of fused-ring (bicyclic) bond motifs is 5. The third-order valence-corrected chi connectivity index (χ3v) is 9.73. The lowest BCUT2D eigenvalue weighted by Gasteiger charge is -2.22. The first-order valence-electron chi connectivity index (χ1n) is 16.1. The maximum Gasteiger partial charge on any atom is 0.164 e. The van der Waals surface area contributed by atoms with Gasteiger partial charge in [-0.05, 0) is 67.1 Å². The molecule has 9 rings (SSSR count). The minimum absolute atomic E-state index is 0.0610. The minimum atomic E-state index is -0.0610. The molecule has 0 amide bonds. The van der Waals surface area contributed by atoms with Crippen molar-refractivity contribution in [2.24, 2.45) is 0 Å². The highest BCUT2D eigenvalue weighted by molar-refractivity contribution is 5.97. The summed E-state index contributed by atoms with van der Waals surface area (Å²) in [7, 11) is 0. The Morgan fingerprint density at radius 2 is 0.851 bits per heavy atom. The van der Waals surface area contributed by atoms with Crippen molar-refractivity contribution in [3.8, 4) is 56.4 Å². The van der Waals surface area contributed by atoms with E-state index < -0.39 is 0 Å². The highest BCUT2D eigenvalue weighted by atomic mass is 15.0. The summed E-state index contributed by atoms with van der Waals surface area (Å²) in [5.74, 6) is 1.98. The van der Waals surface area contributed by atoms with Crippen LogP contribution in [-0.2, 0) is 5.41 Å². The molecule has 0 aliphatic heterocycles. The molecular weight excluding hydrogens is 571 g/mol. The van der Waals surface area contributed by atoms with Crippen molar-refractivity contribution in [2.45, 2.75) is 19.3 Å². The first kappa shape index (κ1) is 27.4. The van der Waals surface area contributed by atoms with Crippen LogP contribution in [0.3, 0.4) is 0 Å². The van der Waals surface area contributed by atoms with Gasteiger partial charge in [0.15, 0.2) is 17.5 Å². The summed E-state index contributed by atoms with van der Waals surface area (Å²) >= 11 is 0. The maximum atomic E-state index is 5.15. The van der Waals surface area contributed by atoms with Crippen LogP contribution in [0.5, 0.6) is 0 Å². The molecule has 222 valence electrons. The van der Waals surface area contributed by atoms with E-state index in [1.807, 2.05) is 0 Å². The van der Waals surface area contributed by atoms with Gasteiger partial charge in [0.25, 0.3) is 0 Å². The van der Waals surface area contributed by atoms with Gasteiger partial charge in [-0.25, -0.2) is 15.0 Å². The van der Waals surface area contributed by atoms with E-state index in [4.69, 9.17) is 15.0 Å². The van der Waals surface area contributed by atoms with Gasteiger partial charge < -0.3 is 0 Å². The fraction of sp³-hybridized carbons (Fsp3) is 0.0682. The van der Waals surface area contributed by atoms with Crippen LogP contribution < -0.4 is 0 Å². The molecule has 1 heterocycles. The SMILES string of the molecule is CC1(C)c2ccccc2-c2ccc(-c3cccc(-c4nc(-c5cccc6ccccc56)nc(-c5cccc6ccccc56)n4)c3)cc21. The van der Waals surface area contributed by atoms with Crippen molar-refractivity contribution < 1.29 is 0 Å². The normalized spacial score (nSPS) is 13.1. The predicted octanol–water partition coefficient (Wildman–Crippen LogP) is 11.2. The summed E-state index contributed by atoms with van der Waals surface area (Å²) in [6.07, 6.45) is 0. The fourth-order valence-electron chi connectivity index (χ4n) is 7.31. The smallest absolute Gasteiger partial charge is 0.164 e. The Balaban J connectivity index is 1.22. The quantitative estimate of drug-likeness (QED) is 0.201. The summed E-state index contributed by atoms with van der Waals surface area (Å²) in [5.41, 5.74) is 10.6. The zero-order valence-electron chi connectivity index (χ0n) is 26.3. The molecule has 0 atom stereocenters. The van der Waals surface area contributed by atoms with E-state index in [-0.39, 0.29) is 5.41 Å². The maximum absolute atomic E-state index is 5.15. The molecule has 0 unspecified atom stereocenters. The molecule has 47 heavy (non-hydrogen) atoms. The summed E-state index contributed by atoms with van der Waals surface area (Å²) in [5, 5.41) is 4.54. The molecule has 1 aliphatic rings. The lowest BCUT2D eigenvalue weighted by Crippen LogP contribution is -2.14. The van der Waals surface area contributed by atoms with Crippen LogP contribution in [0.15, 0.2) is 152 Å². The van der Waals surface area contributed by atoms with E-state index in [1.54, 1.807) is 0 Å². The van der Waals surface area contributed by atoms with Crippen LogP contribution in [0.2, 0.25) is 0 Å². The minimum Gasteiger partial charge on any atom is -0.208 e. The first-order valence-corrected chi connectivity index (χ1v) is 16.1. The number of hydrogen-bond donors (Lipinski definition) is 0. The van der Waals surface area contributed by atoms with Crippen LogP contribution in [0.4, 0.5) is 0 Å². The summed E-state index contributed by atoms with van der Waals surface area (Å²) in [6, 6.07) is 53.7. The molecule has 3 nitrogen and oxygen atoms in total. The molecule has 0 fully saturated rings. The average molecular weight is 602 g/mol. The topological polar surface area (TPSA) is 38.7 Å². The Morgan fingerprint density at radius 1 is 0.362 bits per heavy atom. The molecule has 0 radical (unpaired) electrons. The van der Waals surface area contributed by atoms with Crippen LogP contribution >= 0.6 is 0 Å². The van der Waals surface area contributed by atoms with Crippen molar-refractivity contribution in [1.82, 2.24) is 15.0 Å². The highest BCUT2D eigenvalue weighted by Crippen LogP contribution is 2.49. The zero-order valence-corrected chi connectivity index (χ0v) is 26.3. The number of nitrogens with zero attached hydrogens (tertiary/aromatic N) is 3. The van der Waals surface area contributed by atoms with Gasteiger partial charge in [-0.3, -0.25) is 0 Å². The average Bonchev–Trinajstić information content (AvgIpc) is 3.36. The molecule has 0 N–H and O–H groups in total. The summed E-state index contributed by atoms with van der Waals surface area (Å²) in [4.78, 5) is 15.4. The molecule has 8 aromatic rings. The molecule has 0 spiro atoms. The molecule has 7 aromatic carbocycles. The first-order chi connectivity index (χ1) is 23.0. The monoisotopic (exact) mass is 601 g/mol. The Kier molecular flexibility index (Phi) is 6.16. The van der Waals surface area contributed by atoms with E-state index in [0.717, 1.165) is 43.8 Å². The van der Waals surface area contributed by atoms with Crippen molar-refractivity contribution in [3.63, 3.8) is 0 Å². The van der Waals surface area contributed by atoms with Crippen LogP contribution in [0.1, 0.15) is 25.0 Å². The zero-order chi connectivity index (χ0) is 31.5. The third kappa shape index (κ3) is 4.46. The van der Waals surface area contributed by atoms with E-state index >= 15 is 0 Å². The Hall–Kier alpha value is -5.93. The predicted molar refractivity (Wildman–Crippen MR) is 194 cm³/mol. The molecule has 0 saturated heterocycles. The van der Waals surface area contributed by atoms with Gasteiger partial charge in [0.2, 0.25) is 0 Å². The van der Waals surface area contributed by atoms with Gasteiger partial charge in [-0.15, -0.1) is 0 Å². The van der Waals surface area contributed by atoms with Gasteiger partial charge in [0.1, 0.15) is 0 Å². The van der Waals surface area contributed by atoms with Crippen LogP contribution in [0, 0.1) is 0 Å². The second-order valence-corrected chi connectivity index (χ2v) is 12.9. The molecule has 3 heteroatoms. The molecule has 1 aromatic heterocycles. The van der Waals surface area contributed by atoms with Crippen LogP contribution in [0.25, 0.3) is 78.0 Å². The van der Waals surface area contributed by atoms with Gasteiger partial charge in [-0.1, -0.05) is 153 Å². The Bertz CT molecular complexity index is 2400. The number of rotatable bonds is 4. The molecule has 0 bridgehead atoms. The molecular formula is C44H31N3. The van der Waals surface area contributed by atoms with Crippen molar-refractivity contribution in [3.05, 3.63) is 163 Å². The molecule has 0 saturated carbocycles. The van der Waals surface area contributed by atoms with E-state index in [1.165, 1.54) is 27.8 Å². The fourth-order valence-corrected chi connectivity index (χ4v) is 7.31. The van der Waals surface area contributed by atoms with Gasteiger partial charge in [0, 0.05) is 22.1 Å². The summed E-state index contributed by atoms with van der Waals surface area (Å²) < 4.78 is 0. The van der Waals surface area contributed by atoms with Gasteiger partial charge in [0.05, 0.1) is 0 Å². The Labute approximate surface area is 274 Å².